The first-order chi connectivity index (χ1) is 8.61. The SMILES string of the molecule is CCc1nnc(CN2CCCC(C(C)O)C2)n1C. The number of aromatic nitrogens is 3. The van der Waals surface area contributed by atoms with Crippen LogP contribution in [-0.2, 0) is 20.0 Å². The highest BCUT2D eigenvalue weighted by atomic mass is 16.3. The number of nitrogens with zero attached hydrogens (tertiary/aromatic N) is 4. The highest BCUT2D eigenvalue weighted by Crippen LogP contribution is 2.20. The number of piperidine rings is 1. The summed E-state index contributed by atoms with van der Waals surface area (Å²) in [7, 11) is 2.03. The zero-order chi connectivity index (χ0) is 13.1. The molecule has 0 radical (unpaired) electrons. The molecule has 0 aliphatic carbocycles. The van der Waals surface area contributed by atoms with Crippen molar-refractivity contribution in [3.05, 3.63) is 11.6 Å². The minimum atomic E-state index is -0.210. The van der Waals surface area contributed by atoms with Crippen LogP contribution in [0.15, 0.2) is 0 Å². The molecular formula is C13H24N4O. The van der Waals surface area contributed by atoms with Crippen molar-refractivity contribution in [3.8, 4) is 0 Å². The van der Waals surface area contributed by atoms with Crippen molar-refractivity contribution >= 4 is 0 Å². The average Bonchev–Trinajstić information content (AvgIpc) is 2.71. The lowest BCUT2D eigenvalue weighted by atomic mass is 9.93. The lowest BCUT2D eigenvalue weighted by Gasteiger charge is -2.33. The first-order valence-electron chi connectivity index (χ1n) is 6.89. The van der Waals surface area contributed by atoms with Crippen LogP contribution in [0.4, 0.5) is 0 Å². The van der Waals surface area contributed by atoms with Crippen LogP contribution < -0.4 is 0 Å². The van der Waals surface area contributed by atoms with E-state index < -0.39 is 0 Å². The van der Waals surface area contributed by atoms with Gasteiger partial charge in [0, 0.05) is 20.0 Å². The van der Waals surface area contributed by atoms with Crippen molar-refractivity contribution in [1.82, 2.24) is 19.7 Å². The van der Waals surface area contributed by atoms with Gasteiger partial charge >= 0.3 is 0 Å². The van der Waals surface area contributed by atoms with Crippen LogP contribution in [0.2, 0.25) is 0 Å². The van der Waals surface area contributed by atoms with E-state index in [1.165, 1.54) is 0 Å². The van der Waals surface area contributed by atoms with E-state index in [0.717, 1.165) is 50.5 Å². The van der Waals surface area contributed by atoms with Crippen LogP contribution in [0.3, 0.4) is 0 Å². The van der Waals surface area contributed by atoms with E-state index in [1.807, 2.05) is 14.0 Å². The third kappa shape index (κ3) is 2.90. The number of hydrogen-bond acceptors (Lipinski definition) is 4. The van der Waals surface area contributed by atoms with Gasteiger partial charge < -0.3 is 9.67 Å². The summed E-state index contributed by atoms with van der Waals surface area (Å²) in [6, 6.07) is 0. The van der Waals surface area contributed by atoms with Gasteiger partial charge in [-0.05, 0) is 32.2 Å². The first kappa shape index (κ1) is 13.5. The summed E-state index contributed by atoms with van der Waals surface area (Å²) in [5.41, 5.74) is 0. The highest BCUT2D eigenvalue weighted by molar-refractivity contribution is 4.95. The molecular weight excluding hydrogens is 228 g/mol. The molecule has 1 aromatic heterocycles. The van der Waals surface area contributed by atoms with Crippen LogP contribution in [0.5, 0.6) is 0 Å². The van der Waals surface area contributed by atoms with E-state index in [2.05, 4.69) is 26.6 Å². The Bertz CT molecular complexity index is 388. The van der Waals surface area contributed by atoms with Crippen molar-refractivity contribution in [3.63, 3.8) is 0 Å². The fourth-order valence-electron chi connectivity index (χ4n) is 2.67. The summed E-state index contributed by atoms with van der Waals surface area (Å²) >= 11 is 0. The largest absolute Gasteiger partial charge is 0.393 e. The second-order valence-corrected chi connectivity index (χ2v) is 5.32. The summed E-state index contributed by atoms with van der Waals surface area (Å²) in [6.07, 6.45) is 3.00. The normalized spacial score (nSPS) is 23.2. The molecule has 1 fully saturated rings. The van der Waals surface area contributed by atoms with Crippen molar-refractivity contribution in [2.45, 2.75) is 45.8 Å². The van der Waals surface area contributed by atoms with Gasteiger partial charge in [-0.1, -0.05) is 6.92 Å². The van der Waals surface area contributed by atoms with Crippen molar-refractivity contribution < 1.29 is 5.11 Å². The Kier molecular flexibility index (Phi) is 4.35. The molecule has 18 heavy (non-hydrogen) atoms. The molecule has 0 bridgehead atoms. The Morgan fingerprint density at radius 1 is 1.39 bits per heavy atom. The van der Waals surface area contributed by atoms with E-state index in [4.69, 9.17) is 0 Å². The van der Waals surface area contributed by atoms with Crippen molar-refractivity contribution in [1.29, 1.82) is 0 Å². The van der Waals surface area contributed by atoms with E-state index in [1.54, 1.807) is 0 Å². The Morgan fingerprint density at radius 3 is 2.72 bits per heavy atom. The van der Waals surface area contributed by atoms with Gasteiger partial charge in [-0.3, -0.25) is 4.90 Å². The van der Waals surface area contributed by atoms with E-state index in [9.17, 15) is 5.11 Å². The topological polar surface area (TPSA) is 54.2 Å². The number of aliphatic hydroxyl groups excluding tert-OH is 1. The third-order valence-corrected chi connectivity index (χ3v) is 3.96. The summed E-state index contributed by atoms with van der Waals surface area (Å²) in [5, 5.41) is 18.1. The number of hydrogen-bond donors (Lipinski definition) is 1. The molecule has 2 atom stereocenters. The summed E-state index contributed by atoms with van der Waals surface area (Å²) in [4.78, 5) is 2.38. The summed E-state index contributed by atoms with van der Waals surface area (Å²) in [5.74, 6) is 2.46. The maximum atomic E-state index is 9.70. The van der Waals surface area contributed by atoms with E-state index in [0.29, 0.717) is 5.92 Å². The predicted molar refractivity (Wildman–Crippen MR) is 70.1 cm³/mol. The fourth-order valence-corrected chi connectivity index (χ4v) is 2.67. The molecule has 0 amide bonds. The molecule has 2 rings (SSSR count). The van der Waals surface area contributed by atoms with Crippen LogP contribution >= 0.6 is 0 Å². The van der Waals surface area contributed by atoms with Crippen LogP contribution in [0.25, 0.3) is 0 Å². The standard InChI is InChI=1S/C13H24N4O/c1-4-12-14-15-13(16(12)3)9-17-7-5-6-11(8-17)10(2)18/h10-11,18H,4-9H2,1-3H3. The smallest absolute Gasteiger partial charge is 0.146 e. The predicted octanol–water partition coefficient (Wildman–Crippen LogP) is 0.970. The maximum absolute atomic E-state index is 9.70. The Morgan fingerprint density at radius 2 is 2.11 bits per heavy atom. The molecule has 0 spiro atoms. The molecule has 102 valence electrons. The van der Waals surface area contributed by atoms with E-state index >= 15 is 0 Å². The fraction of sp³-hybridized carbons (Fsp3) is 0.846. The minimum absolute atomic E-state index is 0.210. The van der Waals surface area contributed by atoms with Crippen LogP contribution in [0.1, 0.15) is 38.3 Å². The lowest BCUT2D eigenvalue weighted by Crippen LogP contribution is -2.39. The zero-order valence-corrected chi connectivity index (χ0v) is 11.6. The molecule has 1 aliphatic rings. The summed E-state index contributed by atoms with van der Waals surface area (Å²) in [6.45, 7) is 6.89. The minimum Gasteiger partial charge on any atom is -0.393 e. The molecule has 2 heterocycles. The van der Waals surface area contributed by atoms with Gasteiger partial charge in [-0.2, -0.15) is 0 Å². The van der Waals surface area contributed by atoms with Crippen LogP contribution in [0, 0.1) is 5.92 Å². The monoisotopic (exact) mass is 252 g/mol. The second-order valence-electron chi connectivity index (χ2n) is 5.32. The van der Waals surface area contributed by atoms with Crippen LogP contribution in [-0.4, -0.2) is 44.0 Å². The molecule has 1 N–H and O–H groups in total. The quantitative estimate of drug-likeness (QED) is 0.867. The third-order valence-electron chi connectivity index (χ3n) is 3.96. The molecule has 0 aromatic carbocycles. The molecule has 1 aliphatic heterocycles. The molecule has 5 heteroatoms. The van der Waals surface area contributed by atoms with Gasteiger partial charge in [-0.15, -0.1) is 10.2 Å². The first-order valence-corrected chi connectivity index (χ1v) is 6.89. The Balaban J connectivity index is 1.98. The molecule has 1 saturated heterocycles. The lowest BCUT2D eigenvalue weighted by molar-refractivity contribution is 0.0585. The van der Waals surface area contributed by atoms with Gasteiger partial charge in [-0.25, -0.2) is 0 Å². The second kappa shape index (κ2) is 5.80. The van der Waals surface area contributed by atoms with Gasteiger partial charge in [0.25, 0.3) is 0 Å². The maximum Gasteiger partial charge on any atom is 0.146 e. The Hall–Kier alpha value is -0.940. The Labute approximate surface area is 109 Å². The average molecular weight is 252 g/mol. The van der Waals surface area contributed by atoms with E-state index in [-0.39, 0.29) is 6.10 Å². The summed E-state index contributed by atoms with van der Waals surface area (Å²) < 4.78 is 2.09. The number of aliphatic hydroxyl groups is 1. The molecule has 5 nitrogen and oxygen atoms in total. The number of rotatable bonds is 4. The van der Waals surface area contributed by atoms with Gasteiger partial charge in [0.1, 0.15) is 11.6 Å². The number of likely N-dealkylation sites (tertiary alicyclic amines) is 1. The van der Waals surface area contributed by atoms with Crippen molar-refractivity contribution in [2.24, 2.45) is 13.0 Å². The molecule has 2 unspecified atom stereocenters. The molecule has 1 aromatic rings. The zero-order valence-electron chi connectivity index (χ0n) is 11.6. The highest BCUT2D eigenvalue weighted by Gasteiger charge is 2.24. The molecule has 0 saturated carbocycles. The van der Waals surface area contributed by atoms with Gasteiger partial charge in [0.15, 0.2) is 0 Å². The van der Waals surface area contributed by atoms with Gasteiger partial charge in [0.05, 0.1) is 12.6 Å². The number of aryl methyl sites for hydroxylation is 1. The van der Waals surface area contributed by atoms with Crippen molar-refractivity contribution in [2.75, 3.05) is 13.1 Å². The van der Waals surface area contributed by atoms with Gasteiger partial charge in [0.2, 0.25) is 0 Å².